The molecule has 130 valence electrons. The van der Waals surface area contributed by atoms with Crippen molar-refractivity contribution < 1.29 is 22.4 Å². The van der Waals surface area contributed by atoms with Gasteiger partial charge < -0.3 is 9.15 Å². The first kappa shape index (κ1) is 17.0. The van der Waals surface area contributed by atoms with Crippen LogP contribution >= 0.6 is 0 Å². The number of carbonyl (C=O) groups is 1. The third-order valence-corrected chi connectivity index (χ3v) is 5.98. The van der Waals surface area contributed by atoms with Crippen LogP contribution < -0.4 is 4.72 Å². The first-order valence-electron chi connectivity index (χ1n) is 7.91. The molecule has 0 saturated carbocycles. The fraction of sp³-hybridized carbons (Fsp3) is 0.471. The predicted octanol–water partition coefficient (Wildman–Crippen LogP) is 2.54. The predicted molar refractivity (Wildman–Crippen MR) is 89.3 cm³/mol. The molecule has 6 nitrogen and oxygen atoms in total. The first-order chi connectivity index (χ1) is 11.2. The molecular formula is C17H21NO5S. The van der Waals surface area contributed by atoms with Crippen molar-refractivity contribution in [1.82, 2.24) is 4.72 Å². The highest BCUT2D eigenvalue weighted by Crippen LogP contribution is 2.33. The van der Waals surface area contributed by atoms with Crippen LogP contribution in [0.25, 0.3) is 11.0 Å². The summed E-state index contributed by atoms with van der Waals surface area (Å²) in [5, 5.41) is 0.968. The van der Waals surface area contributed by atoms with Gasteiger partial charge in [-0.3, -0.25) is 4.79 Å². The molecule has 1 heterocycles. The molecule has 0 amide bonds. The van der Waals surface area contributed by atoms with E-state index in [9.17, 15) is 13.2 Å². The van der Waals surface area contributed by atoms with Crippen molar-refractivity contribution in [2.75, 3.05) is 7.11 Å². The lowest BCUT2D eigenvalue weighted by atomic mass is 9.96. The van der Waals surface area contributed by atoms with Gasteiger partial charge in [0.2, 0.25) is 10.0 Å². The quantitative estimate of drug-likeness (QED) is 0.856. The summed E-state index contributed by atoms with van der Waals surface area (Å²) < 4.78 is 38.0. The van der Waals surface area contributed by atoms with Crippen LogP contribution in [0.15, 0.2) is 27.5 Å². The zero-order valence-electron chi connectivity index (χ0n) is 14.0. The van der Waals surface area contributed by atoms with Gasteiger partial charge in [0, 0.05) is 23.4 Å². The molecular weight excluding hydrogens is 330 g/mol. The normalized spacial score (nSPS) is 15.3. The zero-order valence-corrected chi connectivity index (χ0v) is 14.8. The number of benzene rings is 1. The molecule has 2 aromatic rings. The number of fused-ring (bicyclic) bond motifs is 3. The van der Waals surface area contributed by atoms with Crippen LogP contribution in [0.2, 0.25) is 0 Å². The number of hydrogen-bond acceptors (Lipinski definition) is 5. The largest absolute Gasteiger partial charge is 0.468 e. The number of hydrogen-bond donors (Lipinski definition) is 1. The Hall–Kier alpha value is -1.86. The number of methoxy groups -OCH3 is 1. The molecule has 0 atom stereocenters. The van der Waals surface area contributed by atoms with Crippen molar-refractivity contribution in [3.63, 3.8) is 0 Å². The van der Waals surface area contributed by atoms with Crippen LogP contribution in [-0.4, -0.2) is 27.0 Å². The van der Waals surface area contributed by atoms with Crippen LogP contribution in [0.3, 0.4) is 0 Å². The molecule has 7 heteroatoms. The van der Waals surface area contributed by atoms with E-state index in [-0.39, 0.29) is 4.90 Å². The average molecular weight is 351 g/mol. The number of sulfonamides is 1. The molecule has 0 radical (unpaired) electrons. The maximum absolute atomic E-state index is 12.6. The lowest BCUT2D eigenvalue weighted by Crippen LogP contribution is -2.50. The number of furan rings is 1. The van der Waals surface area contributed by atoms with Gasteiger partial charge in [-0.05, 0) is 45.2 Å². The number of nitrogens with one attached hydrogen (secondary N) is 1. The van der Waals surface area contributed by atoms with E-state index in [2.05, 4.69) is 9.46 Å². The van der Waals surface area contributed by atoms with Crippen molar-refractivity contribution in [3.8, 4) is 0 Å². The fourth-order valence-corrected chi connectivity index (χ4v) is 4.49. The van der Waals surface area contributed by atoms with Crippen LogP contribution in [0.4, 0.5) is 0 Å². The molecule has 1 N–H and O–H groups in total. The molecule has 24 heavy (non-hydrogen) atoms. The molecule has 0 spiro atoms. The summed E-state index contributed by atoms with van der Waals surface area (Å²) in [5.41, 5.74) is 0.397. The summed E-state index contributed by atoms with van der Waals surface area (Å²) in [6.45, 7) is 2.92. The molecule has 3 rings (SSSR count). The van der Waals surface area contributed by atoms with E-state index in [0.29, 0.717) is 5.58 Å². The second kappa shape index (κ2) is 5.89. The average Bonchev–Trinajstić information content (AvgIpc) is 2.90. The molecule has 0 unspecified atom stereocenters. The Kier molecular flexibility index (Phi) is 4.17. The highest BCUT2D eigenvalue weighted by Gasteiger charge is 2.34. The highest BCUT2D eigenvalue weighted by atomic mass is 32.2. The van der Waals surface area contributed by atoms with Gasteiger partial charge in [0.1, 0.15) is 16.9 Å². The summed E-state index contributed by atoms with van der Waals surface area (Å²) in [4.78, 5) is 11.8. The Bertz CT molecular complexity index is 895. The monoisotopic (exact) mass is 351 g/mol. The van der Waals surface area contributed by atoms with Gasteiger partial charge in [-0.2, -0.15) is 4.72 Å². The fourth-order valence-electron chi connectivity index (χ4n) is 3.10. The minimum absolute atomic E-state index is 0.0677. The topological polar surface area (TPSA) is 85.6 Å². The van der Waals surface area contributed by atoms with Crippen molar-refractivity contribution >= 4 is 27.0 Å². The smallest absolute Gasteiger partial charge is 0.326 e. The number of ether oxygens (including phenoxy) is 1. The molecule has 1 aromatic heterocycles. The number of carbonyl (C=O) groups excluding carboxylic acids is 1. The molecule has 0 saturated heterocycles. The second-order valence-corrected chi connectivity index (χ2v) is 8.27. The molecule has 0 aliphatic heterocycles. The van der Waals surface area contributed by atoms with Gasteiger partial charge in [-0.25, -0.2) is 8.42 Å². The van der Waals surface area contributed by atoms with E-state index in [1.54, 1.807) is 12.1 Å². The van der Waals surface area contributed by atoms with Crippen LogP contribution in [-0.2, 0) is 32.4 Å². The molecule has 1 aliphatic carbocycles. The number of aryl methyl sites for hydroxylation is 2. The first-order valence-corrected chi connectivity index (χ1v) is 9.39. The van der Waals surface area contributed by atoms with E-state index in [1.807, 2.05) is 0 Å². The van der Waals surface area contributed by atoms with E-state index in [4.69, 9.17) is 4.42 Å². The summed E-state index contributed by atoms with van der Waals surface area (Å²) in [6, 6.07) is 4.84. The summed E-state index contributed by atoms with van der Waals surface area (Å²) >= 11 is 0. The number of esters is 1. The Morgan fingerprint density at radius 3 is 2.67 bits per heavy atom. The van der Waals surface area contributed by atoms with Crippen LogP contribution in [0, 0.1) is 0 Å². The van der Waals surface area contributed by atoms with Crippen LogP contribution in [0.5, 0.6) is 0 Å². The molecule has 1 aromatic carbocycles. The van der Waals surface area contributed by atoms with Gasteiger partial charge >= 0.3 is 5.97 Å². The maximum Gasteiger partial charge on any atom is 0.326 e. The standard InChI is InChI=1S/C17H21NO5S/c1-17(2,16(19)22-3)18-24(20,21)11-8-9-13-12-6-4-5-7-14(12)23-15(13)10-11/h8-10,18H,4-7H2,1-3H3. The van der Waals surface area contributed by atoms with Crippen molar-refractivity contribution in [3.05, 3.63) is 29.5 Å². The molecule has 0 fully saturated rings. The van der Waals surface area contributed by atoms with Crippen molar-refractivity contribution in [1.29, 1.82) is 0 Å². The Morgan fingerprint density at radius 2 is 1.96 bits per heavy atom. The van der Waals surface area contributed by atoms with Gasteiger partial charge in [0.15, 0.2) is 0 Å². The lowest BCUT2D eigenvalue weighted by molar-refractivity contribution is -0.146. The third-order valence-electron chi connectivity index (χ3n) is 4.32. The Morgan fingerprint density at radius 1 is 1.25 bits per heavy atom. The van der Waals surface area contributed by atoms with Crippen LogP contribution in [0.1, 0.15) is 38.0 Å². The minimum atomic E-state index is -3.88. The van der Waals surface area contributed by atoms with E-state index >= 15 is 0 Å². The Labute approximate surface area is 141 Å². The van der Waals surface area contributed by atoms with Gasteiger partial charge in [0.25, 0.3) is 0 Å². The molecule has 1 aliphatic rings. The summed E-state index contributed by atoms with van der Waals surface area (Å²) in [6.07, 6.45) is 4.06. The van der Waals surface area contributed by atoms with Gasteiger partial charge in [0.05, 0.1) is 12.0 Å². The summed E-state index contributed by atoms with van der Waals surface area (Å²) in [5.74, 6) is 0.300. The number of rotatable bonds is 4. The Balaban J connectivity index is 1.98. The van der Waals surface area contributed by atoms with E-state index in [0.717, 1.165) is 36.8 Å². The highest BCUT2D eigenvalue weighted by molar-refractivity contribution is 7.89. The van der Waals surface area contributed by atoms with Crippen molar-refractivity contribution in [2.45, 2.75) is 50.0 Å². The maximum atomic E-state index is 12.6. The van der Waals surface area contributed by atoms with Crippen molar-refractivity contribution in [2.24, 2.45) is 0 Å². The van der Waals surface area contributed by atoms with Gasteiger partial charge in [-0.1, -0.05) is 0 Å². The second-order valence-electron chi connectivity index (χ2n) is 6.59. The molecule has 0 bridgehead atoms. The van der Waals surface area contributed by atoms with Gasteiger partial charge in [-0.15, -0.1) is 0 Å². The zero-order chi connectivity index (χ0) is 17.5. The van der Waals surface area contributed by atoms with E-state index in [1.165, 1.54) is 32.6 Å². The lowest BCUT2D eigenvalue weighted by Gasteiger charge is -2.22. The van der Waals surface area contributed by atoms with E-state index < -0.39 is 21.5 Å². The summed E-state index contributed by atoms with van der Waals surface area (Å²) in [7, 11) is -2.66. The third kappa shape index (κ3) is 2.93. The minimum Gasteiger partial charge on any atom is -0.468 e. The SMILES string of the molecule is COC(=O)C(C)(C)NS(=O)(=O)c1ccc2c3c(oc2c1)CCCC3.